The van der Waals surface area contributed by atoms with E-state index in [1.807, 2.05) is 19.2 Å². The summed E-state index contributed by atoms with van der Waals surface area (Å²) in [6.07, 6.45) is 0. The molecule has 1 aromatic carbocycles. The number of imide groups is 1. The predicted octanol–water partition coefficient (Wildman–Crippen LogP) is 1.69. The zero-order chi connectivity index (χ0) is 17.4. The Morgan fingerprint density at radius 2 is 1.92 bits per heavy atom. The summed E-state index contributed by atoms with van der Waals surface area (Å²) in [5.41, 5.74) is 0.124. The van der Waals surface area contributed by atoms with Crippen LogP contribution in [-0.4, -0.2) is 35.4 Å². The van der Waals surface area contributed by atoms with Gasteiger partial charge in [0.15, 0.2) is 6.67 Å². The van der Waals surface area contributed by atoms with Crippen molar-refractivity contribution in [3.63, 3.8) is 0 Å². The summed E-state index contributed by atoms with van der Waals surface area (Å²) >= 11 is 5.00. The number of thiophene rings is 1. The molecular formula is C15H13BrN3O4S+. The van der Waals surface area contributed by atoms with Crippen LogP contribution in [0.2, 0.25) is 0 Å². The maximum atomic E-state index is 12.4. The van der Waals surface area contributed by atoms with E-state index in [2.05, 4.69) is 15.9 Å². The molecule has 0 radical (unpaired) electrons. The van der Waals surface area contributed by atoms with Crippen LogP contribution in [0.1, 0.15) is 25.6 Å². The number of quaternary nitrogens is 1. The highest BCUT2D eigenvalue weighted by molar-refractivity contribution is 9.11. The van der Waals surface area contributed by atoms with E-state index >= 15 is 0 Å². The maximum Gasteiger partial charge on any atom is 0.270 e. The number of nitrogens with one attached hydrogen (secondary N) is 1. The third-order valence-corrected chi connectivity index (χ3v) is 5.32. The molecule has 0 saturated carbocycles. The molecule has 1 N–H and O–H groups in total. The van der Waals surface area contributed by atoms with Gasteiger partial charge in [0.1, 0.15) is 6.54 Å². The Labute approximate surface area is 149 Å². The van der Waals surface area contributed by atoms with Crippen molar-refractivity contribution in [3.05, 3.63) is 60.2 Å². The summed E-state index contributed by atoms with van der Waals surface area (Å²) in [6, 6.07) is 7.70. The minimum absolute atomic E-state index is 0.0980. The number of hydrogen-bond acceptors (Lipinski definition) is 5. The molecule has 0 fully saturated rings. The van der Waals surface area contributed by atoms with Crippen LogP contribution in [0, 0.1) is 10.1 Å². The number of rotatable bonds is 5. The lowest BCUT2D eigenvalue weighted by Crippen LogP contribution is -3.09. The average Bonchev–Trinajstić information content (AvgIpc) is 3.04. The van der Waals surface area contributed by atoms with Crippen molar-refractivity contribution < 1.29 is 19.4 Å². The van der Waals surface area contributed by atoms with Crippen molar-refractivity contribution in [2.75, 3.05) is 13.7 Å². The van der Waals surface area contributed by atoms with Crippen molar-refractivity contribution in [1.29, 1.82) is 0 Å². The highest BCUT2D eigenvalue weighted by Gasteiger charge is 2.38. The minimum atomic E-state index is -0.577. The van der Waals surface area contributed by atoms with Gasteiger partial charge in [-0.05, 0) is 34.1 Å². The van der Waals surface area contributed by atoms with Gasteiger partial charge in [-0.2, -0.15) is 0 Å². The first-order valence-electron chi connectivity index (χ1n) is 7.07. The summed E-state index contributed by atoms with van der Waals surface area (Å²) < 4.78 is 1.03. The lowest BCUT2D eigenvalue weighted by molar-refractivity contribution is -0.900. The molecule has 1 unspecified atom stereocenters. The molecule has 24 heavy (non-hydrogen) atoms. The molecular weight excluding hydrogens is 398 g/mol. The van der Waals surface area contributed by atoms with E-state index in [-0.39, 0.29) is 23.5 Å². The molecule has 1 aliphatic rings. The number of nitrogens with zero attached hydrogens (tertiary/aromatic N) is 2. The van der Waals surface area contributed by atoms with Gasteiger partial charge in [-0.3, -0.25) is 19.7 Å². The van der Waals surface area contributed by atoms with Crippen molar-refractivity contribution in [2.24, 2.45) is 0 Å². The first-order valence-corrected chi connectivity index (χ1v) is 8.68. The largest absolute Gasteiger partial charge is 0.315 e. The molecule has 124 valence electrons. The molecule has 1 atom stereocenters. The fourth-order valence-electron chi connectivity index (χ4n) is 2.61. The van der Waals surface area contributed by atoms with Gasteiger partial charge < -0.3 is 4.90 Å². The van der Waals surface area contributed by atoms with E-state index in [1.54, 1.807) is 11.3 Å². The number of amides is 2. The number of carbonyl (C=O) groups excluding carboxylic acids is 2. The van der Waals surface area contributed by atoms with Gasteiger partial charge in [-0.15, -0.1) is 11.3 Å². The normalized spacial score (nSPS) is 14.8. The number of hydrogen-bond donors (Lipinski definition) is 1. The number of nitro groups is 1. The van der Waals surface area contributed by atoms with Gasteiger partial charge in [0, 0.05) is 12.1 Å². The molecule has 3 rings (SSSR count). The second kappa shape index (κ2) is 6.42. The summed E-state index contributed by atoms with van der Waals surface area (Å²) in [4.78, 5) is 38.3. The molecule has 0 spiro atoms. The topological polar surface area (TPSA) is 85.0 Å². The fraction of sp³-hybridized carbons (Fsp3) is 0.200. The first-order chi connectivity index (χ1) is 11.4. The third kappa shape index (κ3) is 3.10. The minimum Gasteiger partial charge on any atom is -0.315 e. The number of halogens is 1. The summed E-state index contributed by atoms with van der Waals surface area (Å²) in [6.45, 7) is 0.874. The van der Waals surface area contributed by atoms with E-state index < -0.39 is 16.7 Å². The Balaban J connectivity index is 1.76. The second-order valence-corrected chi connectivity index (χ2v) is 8.07. The number of carbonyl (C=O) groups is 2. The van der Waals surface area contributed by atoms with Gasteiger partial charge in [-0.1, -0.05) is 0 Å². The molecule has 1 aromatic heterocycles. The lowest BCUT2D eigenvalue weighted by atomic mass is 10.1. The van der Waals surface area contributed by atoms with Crippen LogP contribution in [0.3, 0.4) is 0 Å². The third-order valence-electron chi connectivity index (χ3n) is 3.70. The van der Waals surface area contributed by atoms with Crippen LogP contribution in [0.4, 0.5) is 5.69 Å². The maximum absolute atomic E-state index is 12.4. The Morgan fingerprint density at radius 3 is 2.54 bits per heavy atom. The van der Waals surface area contributed by atoms with Crippen molar-refractivity contribution in [3.8, 4) is 0 Å². The zero-order valence-electron chi connectivity index (χ0n) is 12.6. The first kappa shape index (κ1) is 16.7. The van der Waals surface area contributed by atoms with Crippen LogP contribution in [0.15, 0.2) is 34.1 Å². The van der Waals surface area contributed by atoms with Gasteiger partial charge >= 0.3 is 0 Å². The Morgan fingerprint density at radius 1 is 1.21 bits per heavy atom. The molecule has 9 heteroatoms. The molecule has 0 aliphatic carbocycles. The quantitative estimate of drug-likeness (QED) is 0.461. The van der Waals surface area contributed by atoms with Crippen LogP contribution >= 0.6 is 27.3 Å². The van der Waals surface area contributed by atoms with Gasteiger partial charge in [-0.25, -0.2) is 4.90 Å². The SMILES string of the molecule is C[NH+](Cc1ccc(Br)s1)CN1C(=O)c2ccc([N+](=O)[O-])cc2C1=O. The smallest absolute Gasteiger partial charge is 0.270 e. The summed E-state index contributed by atoms with van der Waals surface area (Å²) in [7, 11) is 1.89. The zero-order valence-corrected chi connectivity index (χ0v) is 15.0. The highest BCUT2D eigenvalue weighted by Crippen LogP contribution is 2.26. The predicted molar refractivity (Wildman–Crippen MR) is 91.1 cm³/mol. The number of nitro benzene ring substituents is 1. The van der Waals surface area contributed by atoms with Crippen LogP contribution in [0.5, 0.6) is 0 Å². The van der Waals surface area contributed by atoms with Crippen LogP contribution in [-0.2, 0) is 6.54 Å². The van der Waals surface area contributed by atoms with Crippen molar-refractivity contribution >= 4 is 44.8 Å². The molecule has 7 nitrogen and oxygen atoms in total. The van der Waals surface area contributed by atoms with Crippen LogP contribution in [0.25, 0.3) is 0 Å². The van der Waals surface area contributed by atoms with E-state index in [4.69, 9.17) is 0 Å². The standard InChI is InChI=1S/C15H12BrN3O4S/c1-17(7-10-3-5-13(16)24-10)8-18-14(20)11-4-2-9(19(22)23)6-12(11)15(18)21/h2-6H,7-8H2,1H3/p+1. The summed E-state index contributed by atoms with van der Waals surface area (Å²) in [5.74, 6) is -0.887. The molecule has 2 heterocycles. The Bertz CT molecular complexity index is 851. The average molecular weight is 411 g/mol. The van der Waals surface area contributed by atoms with Gasteiger partial charge in [0.05, 0.1) is 31.8 Å². The van der Waals surface area contributed by atoms with Crippen molar-refractivity contribution in [2.45, 2.75) is 6.54 Å². The highest BCUT2D eigenvalue weighted by atomic mass is 79.9. The number of non-ortho nitro benzene ring substituents is 1. The van der Waals surface area contributed by atoms with E-state index in [0.717, 1.165) is 18.5 Å². The van der Waals surface area contributed by atoms with Crippen molar-refractivity contribution in [1.82, 2.24) is 4.90 Å². The monoisotopic (exact) mass is 410 g/mol. The Kier molecular flexibility index (Phi) is 4.48. The second-order valence-electron chi connectivity index (χ2n) is 5.52. The molecule has 0 saturated heterocycles. The van der Waals surface area contributed by atoms with E-state index in [9.17, 15) is 19.7 Å². The van der Waals surface area contributed by atoms with Gasteiger partial charge in [0.25, 0.3) is 17.5 Å². The lowest BCUT2D eigenvalue weighted by Gasteiger charge is -2.19. The van der Waals surface area contributed by atoms with E-state index in [1.165, 1.54) is 18.2 Å². The van der Waals surface area contributed by atoms with Gasteiger partial charge in [0.2, 0.25) is 0 Å². The molecule has 2 aromatic rings. The Hall–Kier alpha value is -2.10. The number of benzene rings is 1. The molecule has 2 amide bonds. The van der Waals surface area contributed by atoms with E-state index in [0.29, 0.717) is 6.54 Å². The molecule has 1 aliphatic heterocycles. The molecule has 0 bridgehead atoms. The van der Waals surface area contributed by atoms with Crippen LogP contribution < -0.4 is 4.90 Å². The summed E-state index contributed by atoms with van der Waals surface area (Å²) in [5, 5.41) is 10.8. The fourth-order valence-corrected chi connectivity index (χ4v) is 4.20. The number of fused-ring (bicyclic) bond motifs is 1.